The van der Waals surface area contributed by atoms with Crippen LogP contribution < -0.4 is 5.73 Å². The maximum Gasteiger partial charge on any atom is 0.236 e. The minimum Gasteiger partial charge on any atom is -0.338 e. The van der Waals surface area contributed by atoms with Gasteiger partial charge in [-0.15, -0.1) is 12.4 Å². The number of benzene rings is 2. The van der Waals surface area contributed by atoms with Crippen LogP contribution in [0.15, 0.2) is 48.5 Å². The fraction of sp³-hybridized carbons (Fsp3) is 0.381. The number of hydrogen-bond donors (Lipinski definition) is 1. The minimum atomic E-state index is -0.909. The molecule has 1 amide bonds. The first kappa shape index (κ1) is 24.0. The molecule has 2 aromatic carbocycles. The third-order valence-electron chi connectivity index (χ3n) is 4.76. The van der Waals surface area contributed by atoms with E-state index in [9.17, 15) is 13.6 Å². The van der Waals surface area contributed by atoms with Crippen molar-refractivity contribution in [2.45, 2.75) is 19.4 Å². The highest BCUT2D eigenvalue weighted by Gasteiger charge is 2.20. The van der Waals surface area contributed by atoms with Crippen molar-refractivity contribution < 1.29 is 13.6 Å². The molecule has 0 aliphatic heterocycles. The molecule has 7 heteroatoms. The molecule has 2 N–H and O–H groups in total. The lowest BCUT2D eigenvalue weighted by molar-refractivity contribution is -0.133. The molecule has 0 saturated heterocycles. The van der Waals surface area contributed by atoms with Gasteiger partial charge in [0.1, 0.15) is 0 Å². The molecule has 0 saturated carbocycles. The highest BCUT2D eigenvalue weighted by Crippen LogP contribution is 2.21. The van der Waals surface area contributed by atoms with Crippen LogP contribution in [0.4, 0.5) is 8.78 Å². The fourth-order valence-electron chi connectivity index (χ4n) is 2.90. The van der Waals surface area contributed by atoms with Crippen molar-refractivity contribution >= 4 is 18.3 Å². The summed E-state index contributed by atoms with van der Waals surface area (Å²) in [6.45, 7) is 3.83. The van der Waals surface area contributed by atoms with Gasteiger partial charge < -0.3 is 10.6 Å². The van der Waals surface area contributed by atoms with E-state index in [2.05, 4.69) is 12.1 Å². The molecule has 4 nitrogen and oxygen atoms in total. The first-order valence-corrected chi connectivity index (χ1v) is 9.09. The number of likely N-dealkylation sites (N-methyl/N-ethyl adjacent to an activating group) is 1. The first-order valence-electron chi connectivity index (χ1n) is 9.09. The van der Waals surface area contributed by atoms with E-state index in [0.717, 1.165) is 25.1 Å². The standard InChI is InChI=1S/C21H27F2N3O.ClH/c1-16(18-8-9-19(22)20(23)14-18)25(2)21(27)15-26(13-11-24)12-10-17-6-4-3-5-7-17;/h3-9,14,16H,10-13,15,24H2,1-2H3;1H. The van der Waals surface area contributed by atoms with E-state index in [4.69, 9.17) is 5.73 Å². The Morgan fingerprint density at radius 2 is 1.75 bits per heavy atom. The Hall–Kier alpha value is -2.02. The van der Waals surface area contributed by atoms with Gasteiger partial charge in [-0.2, -0.15) is 0 Å². The largest absolute Gasteiger partial charge is 0.338 e. The summed E-state index contributed by atoms with van der Waals surface area (Å²) in [7, 11) is 1.67. The van der Waals surface area contributed by atoms with Gasteiger partial charge >= 0.3 is 0 Å². The first-order chi connectivity index (χ1) is 12.9. The Morgan fingerprint density at radius 3 is 2.36 bits per heavy atom. The number of rotatable bonds is 9. The van der Waals surface area contributed by atoms with E-state index >= 15 is 0 Å². The lowest BCUT2D eigenvalue weighted by atomic mass is 10.1. The van der Waals surface area contributed by atoms with Crippen molar-refractivity contribution in [2.75, 3.05) is 33.2 Å². The average Bonchev–Trinajstić information content (AvgIpc) is 2.68. The second-order valence-corrected chi connectivity index (χ2v) is 6.65. The summed E-state index contributed by atoms with van der Waals surface area (Å²) in [5.41, 5.74) is 7.45. The van der Waals surface area contributed by atoms with Gasteiger partial charge in [-0.05, 0) is 36.6 Å². The van der Waals surface area contributed by atoms with Crippen LogP contribution in [0.2, 0.25) is 0 Å². The number of carbonyl (C=O) groups excluding carboxylic acids is 1. The summed E-state index contributed by atoms with van der Waals surface area (Å²) in [4.78, 5) is 16.3. The third kappa shape index (κ3) is 6.86. The van der Waals surface area contributed by atoms with Crippen LogP contribution in [-0.4, -0.2) is 48.9 Å². The topological polar surface area (TPSA) is 49.6 Å². The molecule has 1 unspecified atom stereocenters. The maximum atomic E-state index is 13.5. The van der Waals surface area contributed by atoms with E-state index in [1.165, 1.54) is 11.6 Å². The predicted molar refractivity (Wildman–Crippen MR) is 110 cm³/mol. The van der Waals surface area contributed by atoms with Crippen LogP contribution >= 0.6 is 12.4 Å². The Bertz CT molecular complexity index is 746. The van der Waals surface area contributed by atoms with Crippen molar-refractivity contribution in [3.8, 4) is 0 Å². The molecule has 0 spiro atoms. The van der Waals surface area contributed by atoms with E-state index in [0.29, 0.717) is 18.7 Å². The summed E-state index contributed by atoms with van der Waals surface area (Å²) in [5, 5.41) is 0. The van der Waals surface area contributed by atoms with Gasteiger partial charge in [-0.25, -0.2) is 8.78 Å². The van der Waals surface area contributed by atoms with E-state index < -0.39 is 11.6 Å². The molecule has 154 valence electrons. The van der Waals surface area contributed by atoms with E-state index in [1.54, 1.807) is 18.9 Å². The molecule has 0 aromatic heterocycles. The maximum absolute atomic E-state index is 13.5. The monoisotopic (exact) mass is 411 g/mol. The third-order valence-corrected chi connectivity index (χ3v) is 4.76. The molecule has 2 aromatic rings. The Kier molecular flexibility index (Phi) is 10.1. The number of hydrogen-bond acceptors (Lipinski definition) is 3. The van der Waals surface area contributed by atoms with Crippen molar-refractivity contribution in [1.82, 2.24) is 9.80 Å². The quantitative estimate of drug-likeness (QED) is 0.688. The van der Waals surface area contributed by atoms with Gasteiger partial charge in [0.15, 0.2) is 11.6 Å². The van der Waals surface area contributed by atoms with E-state index in [-0.39, 0.29) is 30.9 Å². The second kappa shape index (κ2) is 11.7. The zero-order valence-electron chi connectivity index (χ0n) is 16.3. The average molecular weight is 412 g/mol. The Morgan fingerprint density at radius 1 is 1.07 bits per heavy atom. The number of halogens is 3. The SMILES string of the molecule is CC(c1ccc(F)c(F)c1)N(C)C(=O)CN(CCN)CCc1ccccc1.Cl. The Balaban J connectivity index is 0.00000392. The molecule has 0 aliphatic carbocycles. The number of nitrogens with two attached hydrogens (primary N) is 1. The number of amides is 1. The van der Waals surface area contributed by atoms with Crippen molar-refractivity contribution in [1.29, 1.82) is 0 Å². The predicted octanol–water partition coefficient (Wildman–Crippen LogP) is 3.41. The van der Waals surface area contributed by atoms with Crippen LogP contribution in [-0.2, 0) is 11.2 Å². The van der Waals surface area contributed by atoms with Crippen molar-refractivity contribution in [3.05, 3.63) is 71.3 Å². The second-order valence-electron chi connectivity index (χ2n) is 6.65. The van der Waals surface area contributed by atoms with Crippen LogP contribution in [0.1, 0.15) is 24.1 Å². The summed E-state index contributed by atoms with van der Waals surface area (Å²) in [6, 6.07) is 13.4. The lowest BCUT2D eigenvalue weighted by Gasteiger charge is -2.29. The lowest BCUT2D eigenvalue weighted by Crippen LogP contribution is -2.42. The number of carbonyl (C=O) groups is 1. The molecule has 0 fully saturated rings. The molecule has 0 radical (unpaired) electrons. The molecule has 0 bridgehead atoms. The van der Waals surface area contributed by atoms with E-state index in [1.807, 2.05) is 23.1 Å². The van der Waals surface area contributed by atoms with Crippen molar-refractivity contribution in [2.24, 2.45) is 5.73 Å². The van der Waals surface area contributed by atoms with Gasteiger partial charge in [-0.3, -0.25) is 9.69 Å². The van der Waals surface area contributed by atoms with Crippen LogP contribution in [0.3, 0.4) is 0 Å². The normalized spacial score (nSPS) is 11.8. The van der Waals surface area contributed by atoms with Crippen LogP contribution in [0.5, 0.6) is 0 Å². The van der Waals surface area contributed by atoms with Gasteiger partial charge in [-0.1, -0.05) is 36.4 Å². The van der Waals surface area contributed by atoms with Crippen molar-refractivity contribution in [3.63, 3.8) is 0 Å². The minimum absolute atomic E-state index is 0. The number of nitrogens with zero attached hydrogens (tertiary/aromatic N) is 2. The van der Waals surface area contributed by atoms with Gasteiger partial charge in [0.05, 0.1) is 12.6 Å². The molecule has 28 heavy (non-hydrogen) atoms. The molecule has 0 heterocycles. The summed E-state index contributed by atoms with van der Waals surface area (Å²) < 4.78 is 26.6. The summed E-state index contributed by atoms with van der Waals surface area (Å²) >= 11 is 0. The fourth-order valence-corrected chi connectivity index (χ4v) is 2.90. The molecule has 0 aliphatic rings. The zero-order chi connectivity index (χ0) is 19.8. The highest BCUT2D eigenvalue weighted by atomic mass is 35.5. The molecular weight excluding hydrogens is 384 g/mol. The van der Waals surface area contributed by atoms with Gasteiger partial charge in [0, 0.05) is 26.7 Å². The smallest absolute Gasteiger partial charge is 0.236 e. The summed E-state index contributed by atoms with van der Waals surface area (Å²) in [6.07, 6.45) is 0.830. The van der Waals surface area contributed by atoms with Crippen LogP contribution in [0, 0.1) is 11.6 Å². The summed E-state index contributed by atoms with van der Waals surface area (Å²) in [5.74, 6) is -1.89. The van der Waals surface area contributed by atoms with Gasteiger partial charge in [0.2, 0.25) is 5.91 Å². The molecular formula is C21H28ClF2N3O. The van der Waals surface area contributed by atoms with Gasteiger partial charge in [0.25, 0.3) is 0 Å². The Labute approximate surface area is 171 Å². The zero-order valence-corrected chi connectivity index (χ0v) is 17.1. The van der Waals surface area contributed by atoms with Crippen LogP contribution in [0.25, 0.3) is 0 Å². The molecule has 2 rings (SSSR count). The molecule has 1 atom stereocenters. The highest BCUT2D eigenvalue weighted by molar-refractivity contribution is 5.85.